The van der Waals surface area contributed by atoms with Gasteiger partial charge in [-0.25, -0.2) is 4.39 Å². The second-order valence-corrected chi connectivity index (χ2v) is 12.4. The van der Waals surface area contributed by atoms with Crippen LogP contribution in [-0.2, 0) is 4.79 Å². The number of carbonyl (C=O) groups is 1. The third-order valence-corrected chi connectivity index (χ3v) is 9.29. The Labute approximate surface area is 225 Å². The first-order chi connectivity index (χ1) is 17.7. The SMILES string of the molecule is Cc1nnc(C(C)C)n1C1C[C@H]2CC[C@H](C1)N2CC[C@H](NC(=O)C1CCC(F)(Cl)CC1)c1ccccc1. The number of hydrogen-bond acceptors (Lipinski definition) is 4. The Morgan fingerprint density at radius 1 is 1.08 bits per heavy atom. The van der Waals surface area contributed by atoms with Crippen molar-refractivity contribution in [2.75, 3.05) is 6.54 Å². The molecule has 1 aromatic carbocycles. The fraction of sp³-hybridized carbons (Fsp3) is 0.690. The van der Waals surface area contributed by atoms with E-state index >= 15 is 0 Å². The molecule has 1 saturated carbocycles. The smallest absolute Gasteiger partial charge is 0.223 e. The summed E-state index contributed by atoms with van der Waals surface area (Å²) in [4.78, 5) is 15.9. The summed E-state index contributed by atoms with van der Waals surface area (Å²) in [6, 6.07) is 11.8. The van der Waals surface area contributed by atoms with E-state index in [0.29, 0.717) is 36.9 Å². The van der Waals surface area contributed by atoms with Crippen LogP contribution in [0.5, 0.6) is 0 Å². The number of benzene rings is 1. The van der Waals surface area contributed by atoms with Crippen LogP contribution in [0.25, 0.3) is 0 Å². The molecule has 2 aromatic rings. The molecule has 0 radical (unpaired) electrons. The Hall–Kier alpha value is -1.99. The lowest BCUT2D eigenvalue weighted by Crippen LogP contribution is -2.45. The van der Waals surface area contributed by atoms with E-state index in [4.69, 9.17) is 11.6 Å². The van der Waals surface area contributed by atoms with Crippen molar-refractivity contribution in [1.82, 2.24) is 25.0 Å². The normalized spacial score (nSPS) is 31.0. The minimum Gasteiger partial charge on any atom is -0.349 e. The topological polar surface area (TPSA) is 63.1 Å². The molecule has 202 valence electrons. The van der Waals surface area contributed by atoms with Crippen molar-refractivity contribution >= 4 is 17.5 Å². The van der Waals surface area contributed by atoms with Gasteiger partial charge in [-0.3, -0.25) is 9.69 Å². The van der Waals surface area contributed by atoms with E-state index in [2.05, 4.69) is 57.9 Å². The molecule has 5 rings (SSSR count). The second kappa shape index (κ2) is 11.0. The monoisotopic (exact) mass is 529 g/mol. The highest BCUT2D eigenvalue weighted by Gasteiger charge is 2.42. The number of nitrogens with zero attached hydrogens (tertiary/aromatic N) is 4. The fourth-order valence-corrected chi connectivity index (χ4v) is 7.15. The lowest BCUT2D eigenvalue weighted by atomic mass is 9.86. The molecule has 37 heavy (non-hydrogen) atoms. The average molecular weight is 530 g/mol. The van der Waals surface area contributed by atoms with Crippen LogP contribution in [0.2, 0.25) is 0 Å². The van der Waals surface area contributed by atoms with Gasteiger partial charge in [0.15, 0.2) is 5.13 Å². The van der Waals surface area contributed by atoms with Crippen LogP contribution in [-0.4, -0.2) is 49.3 Å². The van der Waals surface area contributed by atoms with Crippen molar-refractivity contribution in [3.05, 3.63) is 47.5 Å². The summed E-state index contributed by atoms with van der Waals surface area (Å²) in [5.41, 5.74) is 1.13. The van der Waals surface area contributed by atoms with Crippen LogP contribution < -0.4 is 5.32 Å². The summed E-state index contributed by atoms with van der Waals surface area (Å²) >= 11 is 5.88. The highest BCUT2D eigenvalue weighted by molar-refractivity contribution is 6.22. The number of halogens is 2. The zero-order valence-electron chi connectivity index (χ0n) is 22.4. The molecule has 0 spiro atoms. The van der Waals surface area contributed by atoms with Crippen LogP contribution in [0.15, 0.2) is 30.3 Å². The molecular weight excluding hydrogens is 489 g/mol. The van der Waals surface area contributed by atoms with E-state index in [1.807, 2.05) is 18.2 Å². The first-order valence-corrected chi connectivity index (χ1v) is 14.5. The maximum Gasteiger partial charge on any atom is 0.223 e. The number of alkyl halides is 2. The molecule has 2 aliphatic heterocycles. The predicted molar refractivity (Wildman–Crippen MR) is 144 cm³/mol. The van der Waals surface area contributed by atoms with E-state index in [1.165, 1.54) is 12.8 Å². The number of piperidine rings is 1. The molecule has 6 nitrogen and oxygen atoms in total. The lowest BCUT2D eigenvalue weighted by Gasteiger charge is -2.40. The van der Waals surface area contributed by atoms with Gasteiger partial charge >= 0.3 is 0 Å². The molecule has 3 atom stereocenters. The van der Waals surface area contributed by atoms with Gasteiger partial charge < -0.3 is 9.88 Å². The van der Waals surface area contributed by atoms with Crippen molar-refractivity contribution < 1.29 is 9.18 Å². The first-order valence-electron chi connectivity index (χ1n) is 14.1. The maximum atomic E-state index is 14.1. The van der Waals surface area contributed by atoms with Gasteiger partial charge in [-0.1, -0.05) is 55.8 Å². The van der Waals surface area contributed by atoms with Crippen LogP contribution in [0.4, 0.5) is 4.39 Å². The third-order valence-electron chi connectivity index (χ3n) is 8.92. The van der Waals surface area contributed by atoms with Gasteiger partial charge in [0.05, 0.1) is 6.04 Å². The molecule has 2 bridgehead atoms. The number of amides is 1. The Balaban J connectivity index is 1.24. The van der Waals surface area contributed by atoms with Crippen molar-refractivity contribution in [3.8, 4) is 0 Å². The fourth-order valence-electron chi connectivity index (χ4n) is 6.93. The molecule has 1 aliphatic carbocycles. The summed E-state index contributed by atoms with van der Waals surface area (Å²) in [5, 5.41) is 10.6. The Bertz CT molecular complexity index is 1050. The number of fused-ring (bicyclic) bond motifs is 2. The molecular formula is C29H41ClFN5O. The molecule has 0 unspecified atom stereocenters. The number of aryl methyl sites for hydroxylation is 1. The van der Waals surface area contributed by atoms with Crippen LogP contribution in [0, 0.1) is 12.8 Å². The Morgan fingerprint density at radius 3 is 2.35 bits per heavy atom. The van der Waals surface area contributed by atoms with E-state index < -0.39 is 5.13 Å². The number of hydrogen-bond donors (Lipinski definition) is 1. The van der Waals surface area contributed by atoms with Gasteiger partial charge in [-0.15, -0.1) is 10.2 Å². The van der Waals surface area contributed by atoms with Crippen LogP contribution in [0.3, 0.4) is 0 Å². The summed E-state index contributed by atoms with van der Waals surface area (Å²) in [5.74, 6) is 2.36. The minimum atomic E-state index is -1.65. The predicted octanol–water partition coefficient (Wildman–Crippen LogP) is 6.22. The number of rotatable bonds is 8. The van der Waals surface area contributed by atoms with E-state index in [1.54, 1.807) is 0 Å². The number of aromatic nitrogens is 3. The molecule has 1 amide bonds. The van der Waals surface area contributed by atoms with Gasteiger partial charge in [0.1, 0.15) is 11.6 Å². The third kappa shape index (κ3) is 5.88. The maximum absolute atomic E-state index is 14.1. The van der Waals surface area contributed by atoms with Crippen molar-refractivity contribution in [1.29, 1.82) is 0 Å². The molecule has 3 aliphatic rings. The highest BCUT2D eigenvalue weighted by atomic mass is 35.5. The van der Waals surface area contributed by atoms with Gasteiger partial charge in [0, 0.05) is 36.5 Å². The van der Waals surface area contributed by atoms with Crippen LogP contribution >= 0.6 is 11.6 Å². The van der Waals surface area contributed by atoms with Gasteiger partial charge in [0.2, 0.25) is 5.91 Å². The molecule has 2 saturated heterocycles. The van der Waals surface area contributed by atoms with E-state index in [-0.39, 0.29) is 30.7 Å². The average Bonchev–Trinajstić information content (AvgIpc) is 3.37. The molecule has 3 heterocycles. The first kappa shape index (κ1) is 26.6. The number of nitrogens with one attached hydrogen (secondary N) is 1. The zero-order chi connectivity index (χ0) is 26.2. The summed E-state index contributed by atoms with van der Waals surface area (Å²) in [6.07, 6.45) is 7.08. The van der Waals surface area contributed by atoms with Crippen molar-refractivity contribution in [2.24, 2.45) is 5.92 Å². The molecule has 8 heteroatoms. The van der Waals surface area contributed by atoms with Crippen molar-refractivity contribution in [3.63, 3.8) is 0 Å². The van der Waals surface area contributed by atoms with Crippen molar-refractivity contribution in [2.45, 2.75) is 114 Å². The van der Waals surface area contributed by atoms with E-state index in [9.17, 15) is 9.18 Å². The molecule has 3 fully saturated rings. The second-order valence-electron chi connectivity index (χ2n) is 11.8. The summed E-state index contributed by atoms with van der Waals surface area (Å²) in [6.45, 7) is 7.42. The summed E-state index contributed by atoms with van der Waals surface area (Å²) < 4.78 is 16.5. The number of carbonyl (C=O) groups excluding carboxylic acids is 1. The zero-order valence-corrected chi connectivity index (χ0v) is 23.1. The Kier molecular flexibility index (Phi) is 7.92. The molecule has 1 N–H and O–H groups in total. The lowest BCUT2D eigenvalue weighted by molar-refractivity contribution is -0.127. The molecule has 1 aromatic heterocycles. The quantitative estimate of drug-likeness (QED) is 0.412. The largest absolute Gasteiger partial charge is 0.349 e. The van der Waals surface area contributed by atoms with Crippen LogP contribution in [0.1, 0.15) is 107 Å². The minimum absolute atomic E-state index is 0.0343. The van der Waals surface area contributed by atoms with Gasteiger partial charge in [-0.2, -0.15) is 0 Å². The van der Waals surface area contributed by atoms with Gasteiger partial charge in [-0.05, 0) is 70.3 Å². The van der Waals surface area contributed by atoms with Gasteiger partial charge in [0.25, 0.3) is 0 Å². The highest BCUT2D eigenvalue weighted by Crippen LogP contribution is 2.43. The Morgan fingerprint density at radius 2 is 1.73 bits per heavy atom. The standard InChI is InChI=1S/C29H41ClFN5O/c1-19(2)27-34-33-20(3)36(27)25-17-23-9-10-24(18-25)35(23)16-13-26(21-7-5-4-6-8-21)32-28(37)22-11-14-29(30,31)15-12-22/h4-8,19,22-26H,9-18H2,1-3H3,(H,32,37)/t22?,23-,24-,26+,29?/m1/s1. The summed E-state index contributed by atoms with van der Waals surface area (Å²) in [7, 11) is 0. The van der Waals surface area contributed by atoms with E-state index in [0.717, 1.165) is 43.0 Å².